The maximum atomic E-state index is 12.4. The summed E-state index contributed by atoms with van der Waals surface area (Å²) in [5.74, 6) is -0.366. The second kappa shape index (κ2) is 10.4. The molecule has 7 heteroatoms. The number of fused-ring (bicyclic) bond motifs is 1. The van der Waals surface area contributed by atoms with Gasteiger partial charge in [-0.3, -0.25) is 9.69 Å². The smallest absolute Gasteiger partial charge is 0.201 e. The van der Waals surface area contributed by atoms with E-state index in [2.05, 4.69) is 28.8 Å². The van der Waals surface area contributed by atoms with Crippen LogP contribution < -0.4 is 5.43 Å². The third-order valence-corrected chi connectivity index (χ3v) is 6.49. The van der Waals surface area contributed by atoms with E-state index in [9.17, 15) is 15.0 Å². The molecule has 7 nitrogen and oxygen atoms in total. The minimum atomic E-state index is -0.417. The lowest BCUT2D eigenvalue weighted by atomic mass is 10.1. The first-order valence-corrected chi connectivity index (χ1v) is 11.6. The summed E-state index contributed by atoms with van der Waals surface area (Å²) in [5.41, 5.74) is 1.73. The second-order valence-corrected chi connectivity index (χ2v) is 9.03. The van der Waals surface area contributed by atoms with Crippen molar-refractivity contribution in [2.24, 2.45) is 0 Å². The molecule has 4 rings (SSSR count). The molecule has 0 saturated carbocycles. The van der Waals surface area contributed by atoms with Crippen molar-refractivity contribution in [2.75, 3.05) is 59.9 Å². The van der Waals surface area contributed by atoms with Crippen molar-refractivity contribution in [1.82, 2.24) is 14.7 Å². The Bertz CT molecular complexity index is 1130. The number of phenols is 2. The Kier molecular flexibility index (Phi) is 7.33. The molecule has 1 fully saturated rings. The van der Waals surface area contributed by atoms with Crippen molar-refractivity contribution in [1.29, 1.82) is 0 Å². The van der Waals surface area contributed by atoms with Crippen LogP contribution in [-0.2, 0) is 6.42 Å². The molecule has 0 spiro atoms. The van der Waals surface area contributed by atoms with E-state index in [1.165, 1.54) is 23.8 Å². The maximum absolute atomic E-state index is 12.4. The van der Waals surface area contributed by atoms with Gasteiger partial charge in [-0.25, -0.2) is 0 Å². The number of phenolic OH excluding ortho intramolecular Hbond substituents is 2. The first-order chi connectivity index (χ1) is 15.9. The molecule has 0 unspecified atom stereocenters. The lowest BCUT2D eigenvalue weighted by Crippen LogP contribution is -2.46. The van der Waals surface area contributed by atoms with Crippen LogP contribution in [0.3, 0.4) is 0 Å². The zero-order chi connectivity index (χ0) is 23.4. The van der Waals surface area contributed by atoms with Crippen molar-refractivity contribution in [3.05, 3.63) is 58.3 Å². The standard InChI is InChI=1S/C26H33N3O4/c1-27(12-15-29-16-13-28(2)14-17-29)11-3-4-19-5-7-20(8-6-19)24-18-23(31)21-9-10-22(30)25(32)26(21)33-24/h5-10,18,30,32H,3-4,11-17H2,1-2H3. The molecular formula is C26H33N3O4. The average molecular weight is 452 g/mol. The largest absolute Gasteiger partial charge is 0.504 e. The van der Waals surface area contributed by atoms with Crippen LogP contribution in [0.5, 0.6) is 11.5 Å². The molecule has 0 radical (unpaired) electrons. The van der Waals surface area contributed by atoms with Gasteiger partial charge in [0.25, 0.3) is 0 Å². The van der Waals surface area contributed by atoms with Crippen LogP contribution in [0.1, 0.15) is 12.0 Å². The van der Waals surface area contributed by atoms with E-state index in [0.29, 0.717) is 5.76 Å². The average Bonchev–Trinajstić information content (AvgIpc) is 2.81. The summed E-state index contributed by atoms with van der Waals surface area (Å²) in [7, 11) is 4.37. The number of hydrogen-bond acceptors (Lipinski definition) is 7. The molecule has 176 valence electrons. The van der Waals surface area contributed by atoms with Gasteiger partial charge in [-0.2, -0.15) is 0 Å². The van der Waals surface area contributed by atoms with Crippen molar-refractivity contribution in [3.63, 3.8) is 0 Å². The predicted molar refractivity (Wildman–Crippen MR) is 131 cm³/mol. The molecule has 1 saturated heterocycles. The van der Waals surface area contributed by atoms with Crippen LogP contribution in [-0.4, -0.2) is 84.8 Å². The number of piperazine rings is 1. The van der Waals surface area contributed by atoms with Gasteiger partial charge in [0.1, 0.15) is 5.76 Å². The highest BCUT2D eigenvalue weighted by atomic mass is 16.4. The number of aryl methyl sites for hydroxylation is 1. The summed E-state index contributed by atoms with van der Waals surface area (Å²) in [5, 5.41) is 20.0. The van der Waals surface area contributed by atoms with Gasteiger partial charge in [0.2, 0.25) is 5.75 Å². The van der Waals surface area contributed by atoms with E-state index in [1.807, 2.05) is 24.3 Å². The van der Waals surface area contributed by atoms with E-state index >= 15 is 0 Å². The maximum Gasteiger partial charge on any atom is 0.201 e. The summed E-state index contributed by atoms with van der Waals surface area (Å²) in [6.07, 6.45) is 2.06. The van der Waals surface area contributed by atoms with Crippen LogP contribution in [0.2, 0.25) is 0 Å². The molecule has 1 aromatic heterocycles. The summed E-state index contributed by atoms with van der Waals surface area (Å²) < 4.78 is 5.75. The molecule has 2 heterocycles. The van der Waals surface area contributed by atoms with Crippen molar-refractivity contribution >= 4 is 11.0 Å². The highest BCUT2D eigenvalue weighted by Crippen LogP contribution is 2.34. The number of benzene rings is 2. The first kappa shape index (κ1) is 23.3. The minimum absolute atomic E-state index is 0.00110. The van der Waals surface area contributed by atoms with Gasteiger partial charge < -0.3 is 24.4 Å². The Balaban J connectivity index is 1.31. The van der Waals surface area contributed by atoms with Crippen molar-refractivity contribution in [3.8, 4) is 22.8 Å². The molecule has 33 heavy (non-hydrogen) atoms. The molecule has 0 atom stereocenters. The minimum Gasteiger partial charge on any atom is -0.504 e. The number of aromatic hydroxyl groups is 2. The van der Waals surface area contributed by atoms with Crippen LogP contribution in [0, 0.1) is 0 Å². The Hall–Kier alpha value is -2.87. The Morgan fingerprint density at radius 3 is 2.45 bits per heavy atom. The highest BCUT2D eigenvalue weighted by molar-refractivity contribution is 5.86. The van der Waals surface area contributed by atoms with E-state index in [-0.39, 0.29) is 22.1 Å². The van der Waals surface area contributed by atoms with Gasteiger partial charge in [0.05, 0.1) is 5.39 Å². The fourth-order valence-electron chi connectivity index (χ4n) is 4.22. The Morgan fingerprint density at radius 2 is 1.73 bits per heavy atom. The van der Waals surface area contributed by atoms with Gasteiger partial charge >= 0.3 is 0 Å². The zero-order valence-corrected chi connectivity index (χ0v) is 19.5. The van der Waals surface area contributed by atoms with Crippen LogP contribution in [0.15, 0.2) is 51.7 Å². The third-order valence-electron chi connectivity index (χ3n) is 6.49. The van der Waals surface area contributed by atoms with Gasteiger partial charge in [-0.1, -0.05) is 24.3 Å². The molecule has 2 N–H and O–H groups in total. The van der Waals surface area contributed by atoms with Gasteiger partial charge in [-0.05, 0) is 51.2 Å². The predicted octanol–water partition coefficient (Wildman–Crippen LogP) is 2.98. The SMILES string of the molecule is CN(CCCc1ccc(-c2cc(=O)c3ccc(O)c(O)c3o2)cc1)CCN1CCN(C)CC1. The molecule has 1 aliphatic rings. The molecular weight excluding hydrogens is 418 g/mol. The van der Waals surface area contributed by atoms with E-state index in [0.717, 1.165) is 64.2 Å². The van der Waals surface area contributed by atoms with Crippen molar-refractivity contribution in [2.45, 2.75) is 12.8 Å². The van der Waals surface area contributed by atoms with Crippen LogP contribution >= 0.6 is 0 Å². The summed E-state index contributed by atoms with van der Waals surface area (Å²) in [6.45, 7) is 7.91. The monoisotopic (exact) mass is 451 g/mol. The lowest BCUT2D eigenvalue weighted by Gasteiger charge is -2.33. The van der Waals surface area contributed by atoms with Gasteiger partial charge in [0, 0.05) is 50.9 Å². The number of rotatable bonds is 8. The second-order valence-electron chi connectivity index (χ2n) is 9.03. The summed E-state index contributed by atoms with van der Waals surface area (Å²) in [6, 6.07) is 12.1. The van der Waals surface area contributed by atoms with Crippen LogP contribution in [0.25, 0.3) is 22.3 Å². The number of hydrogen-bond donors (Lipinski definition) is 2. The number of likely N-dealkylation sites (N-methyl/N-ethyl adjacent to an activating group) is 2. The fourth-order valence-corrected chi connectivity index (χ4v) is 4.22. The van der Waals surface area contributed by atoms with Crippen LogP contribution in [0.4, 0.5) is 0 Å². The highest BCUT2D eigenvalue weighted by Gasteiger charge is 2.15. The van der Waals surface area contributed by atoms with Gasteiger partial charge in [-0.15, -0.1) is 0 Å². The summed E-state index contributed by atoms with van der Waals surface area (Å²) >= 11 is 0. The normalized spacial score (nSPS) is 15.5. The number of nitrogens with zero attached hydrogens (tertiary/aromatic N) is 3. The quantitative estimate of drug-likeness (QED) is 0.510. The fraction of sp³-hybridized carbons (Fsp3) is 0.423. The third kappa shape index (κ3) is 5.74. The van der Waals surface area contributed by atoms with E-state index in [4.69, 9.17) is 4.42 Å². The molecule has 0 aliphatic carbocycles. The Morgan fingerprint density at radius 1 is 1.00 bits per heavy atom. The zero-order valence-electron chi connectivity index (χ0n) is 19.5. The molecule has 0 bridgehead atoms. The van der Waals surface area contributed by atoms with E-state index < -0.39 is 5.75 Å². The molecule has 2 aromatic carbocycles. The topological polar surface area (TPSA) is 80.4 Å². The van der Waals surface area contributed by atoms with Gasteiger partial charge in [0.15, 0.2) is 16.8 Å². The molecule has 1 aliphatic heterocycles. The first-order valence-electron chi connectivity index (χ1n) is 11.6. The van der Waals surface area contributed by atoms with Crippen molar-refractivity contribution < 1.29 is 14.6 Å². The summed E-state index contributed by atoms with van der Waals surface area (Å²) in [4.78, 5) is 19.7. The Labute approximate surface area is 194 Å². The lowest BCUT2D eigenvalue weighted by molar-refractivity contribution is 0.140. The molecule has 3 aromatic rings. The molecule has 0 amide bonds. The van der Waals surface area contributed by atoms with E-state index in [1.54, 1.807) is 0 Å².